The first-order chi connectivity index (χ1) is 8.09. The minimum absolute atomic E-state index is 0.371. The van der Waals surface area contributed by atoms with Gasteiger partial charge in [-0.25, -0.2) is 4.98 Å². The first kappa shape index (κ1) is 12.1. The van der Waals surface area contributed by atoms with E-state index in [1.54, 1.807) is 0 Å². The van der Waals surface area contributed by atoms with E-state index in [0.29, 0.717) is 11.7 Å². The van der Waals surface area contributed by atoms with Gasteiger partial charge in [-0.3, -0.25) is 4.79 Å². The van der Waals surface area contributed by atoms with Crippen molar-refractivity contribution in [3.63, 3.8) is 0 Å². The van der Waals surface area contributed by atoms with Crippen LogP contribution in [0, 0.1) is 6.92 Å². The largest absolute Gasteiger partial charge is 0.480 e. The standard InChI is InChI=1S/C12H19N3O2/c1-7-10(8-5-3-2-4-6-8)15-11(14-7)9(13)12(16)17/h8-9H,2-6,13H2,1H3,(H,14,15)(H,16,17). The van der Waals surface area contributed by atoms with Gasteiger partial charge in [0.1, 0.15) is 5.82 Å². The molecule has 1 aliphatic carbocycles. The first-order valence-corrected chi connectivity index (χ1v) is 6.14. The van der Waals surface area contributed by atoms with E-state index < -0.39 is 12.0 Å². The van der Waals surface area contributed by atoms with E-state index in [1.807, 2.05) is 6.92 Å². The van der Waals surface area contributed by atoms with Crippen molar-refractivity contribution in [3.8, 4) is 0 Å². The van der Waals surface area contributed by atoms with Crippen molar-refractivity contribution in [2.75, 3.05) is 0 Å². The molecule has 0 spiro atoms. The number of nitrogens with one attached hydrogen (secondary N) is 1. The average Bonchev–Trinajstić information content (AvgIpc) is 2.71. The van der Waals surface area contributed by atoms with Crippen molar-refractivity contribution in [3.05, 3.63) is 17.2 Å². The van der Waals surface area contributed by atoms with Gasteiger partial charge in [-0.05, 0) is 19.8 Å². The summed E-state index contributed by atoms with van der Waals surface area (Å²) in [6.07, 6.45) is 6.05. The molecule has 1 atom stereocenters. The minimum atomic E-state index is -1.05. The van der Waals surface area contributed by atoms with Crippen LogP contribution in [0.3, 0.4) is 0 Å². The predicted molar refractivity (Wildman–Crippen MR) is 63.7 cm³/mol. The van der Waals surface area contributed by atoms with Gasteiger partial charge in [0.2, 0.25) is 0 Å². The summed E-state index contributed by atoms with van der Waals surface area (Å²) in [5.74, 6) is -0.209. The zero-order valence-electron chi connectivity index (χ0n) is 10.1. The molecule has 1 aromatic heterocycles. The normalized spacial score (nSPS) is 19.2. The molecule has 0 aromatic carbocycles. The average molecular weight is 237 g/mol. The Morgan fingerprint density at radius 1 is 1.47 bits per heavy atom. The Kier molecular flexibility index (Phi) is 3.47. The van der Waals surface area contributed by atoms with E-state index in [2.05, 4.69) is 9.97 Å². The maximum atomic E-state index is 10.8. The van der Waals surface area contributed by atoms with Crippen molar-refractivity contribution in [1.82, 2.24) is 9.97 Å². The number of H-pyrrole nitrogens is 1. The molecule has 0 saturated heterocycles. The van der Waals surface area contributed by atoms with Crippen LogP contribution in [-0.2, 0) is 4.79 Å². The number of hydrogen-bond donors (Lipinski definition) is 3. The van der Waals surface area contributed by atoms with Gasteiger partial charge in [0, 0.05) is 11.6 Å². The fourth-order valence-electron chi connectivity index (χ4n) is 2.54. The van der Waals surface area contributed by atoms with E-state index >= 15 is 0 Å². The van der Waals surface area contributed by atoms with E-state index in [4.69, 9.17) is 10.8 Å². The van der Waals surface area contributed by atoms with Crippen molar-refractivity contribution < 1.29 is 9.90 Å². The molecule has 0 radical (unpaired) electrons. The highest BCUT2D eigenvalue weighted by Gasteiger charge is 2.24. The van der Waals surface area contributed by atoms with Gasteiger partial charge >= 0.3 is 5.97 Å². The molecule has 4 N–H and O–H groups in total. The SMILES string of the molecule is Cc1[nH]c(C(N)C(=O)O)nc1C1CCCCC1. The first-order valence-electron chi connectivity index (χ1n) is 6.14. The Bertz CT molecular complexity index is 408. The molecule has 0 amide bonds. The number of hydrogen-bond acceptors (Lipinski definition) is 3. The van der Waals surface area contributed by atoms with Crippen LogP contribution in [0.15, 0.2) is 0 Å². The van der Waals surface area contributed by atoms with Gasteiger partial charge < -0.3 is 15.8 Å². The van der Waals surface area contributed by atoms with Crippen molar-refractivity contribution in [2.24, 2.45) is 5.73 Å². The molecule has 17 heavy (non-hydrogen) atoms. The third-order valence-corrected chi connectivity index (χ3v) is 3.49. The number of carboxylic acids is 1. The van der Waals surface area contributed by atoms with E-state index in [-0.39, 0.29) is 0 Å². The molecule has 1 heterocycles. The van der Waals surface area contributed by atoms with E-state index in [0.717, 1.165) is 24.2 Å². The summed E-state index contributed by atoms with van der Waals surface area (Å²) in [6.45, 7) is 1.94. The monoisotopic (exact) mass is 237 g/mol. The number of aliphatic carboxylic acids is 1. The van der Waals surface area contributed by atoms with Crippen molar-refractivity contribution in [1.29, 1.82) is 0 Å². The zero-order chi connectivity index (χ0) is 12.4. The van der Waals surface area contributed by atoms with Gasteiger partial charge in [-0.1, -0.05) is 19.3 Å². The van der Waals surface area contributed by atoms with Crippen LogP contribution in [0.1, 0.15) is 61.3 Å². The quantitative estimate of drug-likeness (QED) is 0.748. The van der Waals surface area contributed by atoms with Crippen LogP contribution < -0.4 is 5.73 Å². The lowest BCUT2D eigenvalue weighted by atomic mass is 9.86. The van der Waals surface area contributed by atoms with E-state index in [9.17, 15) is 4.79 Å². The maximum absolute atomic E-state index is 10.8. The van der Waals surface area contributed by atoms with Crippen molar-refractivity contribution >= 4 is 5.97 Å². The van der Waals surface area contributed by atoms with Gasteiger partial charge in [0.05, 0.1) is 5.69 Å². The van der Waals surface area contributed by atoms with E-state index in [1.165, 1.54) is 19.3 Å². The topological polar surface area (TPSA) is 92.0 Å². The van der Waals surface area contributed by atoms with Gasteiger partial charge in [0.15, 0.2) is 6.04 Å². The van der Waals surface area contributed by atoms with Crippen LogP contribution in [0.2, 0.25) is 0 Å². The van der Waals surface area contributed by atoms with Crippen LogP contribution in [0.25, 0.3) is 0 Å². The van der Waals surface area contributed by atoms with Crippen LogP contribution >= 0.6 is 0 Å². The summed E-state index contributed by atoms with van der Waals surface area (Å²) in [7, 11) is 0. The van der Waals surface area contributed by atoms with Gasteiger partial charge in [-0.2, -0.15) is 0 Å². The number of aryl methyl sites for hydroxylation is 1. The molecule has 94 valence electrons. The van der Waals surface area contributed by atoms with Crippen LogP contribution in [-0.4, -0.2) is 21.0 Å². The predicted octanol–water partition coefficient (Wildman–Crippen LogP) is 1.85. The smallest absolute Gasteiger partial charge is 0.328 e. The number of nitrogens with two attached hydrogens (primary N) is 1. The molecule has 1 unspecified atom stereocenters. The molecule has 0 bridgehead atoms. The molecule has 1 aliphatic rings. The van der Waals surface area contributed by atoms with Crippen molar-refractivity contribution in [2.45, 2.75) is 51.0 Å². The molecule has 0 aliphatic heterocycles. The highest BCUT2D eigenvalue weighted by Crippen LogP contribution is 2.33. The molecule has 1 fully saturated rings. The Labute approximate surface area is 100 Å². The number of imidazole rings is 1. The summed E-state index contributed by atoms with van der Waals surface area (Å²) in [6, 6.07) is -1.05. The van der Waals surface area contributed by atoms with Gasteiger partial charge in [-0.15, -0.1) is 0 Å². The Morgan fingerprint density at radius 3 is 2.71 bits per heavy atom. The highest BCUT2D eigenvalue weighted by atomic mass is 16.4. The number of carbonyl (C=O) groups is 1. The third kappa shape index (κ3) is 2.49. The summed E-state index contributed by atoms with van der Waals surface area (Å²) in [5.41, 5.74) is 7.53. The van der Waals surface area contributed by atoms with Crippen LogP contribution in [0.4, 0.5) is 0 Å². The van der Waals surface area contributed by atoms with Gasteiger partial charge in [0.25, 0.3) is 0 Å². The fraction of sp³-hybridized carbons (Fsp3) is 0.667. The second-order valence-corrected chi connectivity index (χ2v) is 4.78. The summed E-state index contributed by atoms with van der Waals surface area (Å²) in [4.78, 5) is 18.2. The molecular formula is C12H19N3O2. The summed E-state index contributed by atoms with van der Waals surface area (Å²) in [5, 5.41) is 8.86. The summed E-state index contributed by atoms with van der Waals surface area (Å²) >= 11 is 0. The minimum Gasteiger partial charge on any atom is -0.480 e. The second kappa shape index (κ2) is 4.87. The number of rotatable bonds is 3. The number of carboxylic acid groups (broad SMARTS) is 1. The molecule has 2 rings (SSSR count). The zero-order valence-corrected chi connectivity index (χ0v) is 10.1. The lowest BCUT2D eigenvalue weighted by molar-refractivity contribution is -0.138. The molecule has 5 nitrogen and oxygen atoms in total. The number of nitrogens with zero attached hydrogens (tertiary/aromatic N) is 1. The lowest BCUT2D eigenvalue weighted by Gasteiger charge is -2.20. The Morgan fingerprint density at radius 2 is 2.12 bits per heavy atom. The highest BCUT2D eigenvalue weighted by molar-refractivity contribution is 5.74. The molecule has 1 saturated carbocycles. The maximum Gasteiger partial charge on any atom is 0.328 e. The second-order valence-electron chi connectivity index (χ2n) is 4.78. The summed E-state index contributed by atoms with van der Waals surface area (Å²) < 4.78 is 0. The fourth-order valence-corrected chi connectivity index (χ4v) is 2.54. The number of aromatic amines is 1. The Balaban J connectivity index is 2.20. The third-order valence-electron chi connectivity index (χ3n) is 3.49. The molecule has 5 heteroatoms. The lowest BCUT2D eigenvalue weighted by Crippen LogP contribution is -2.22. The number of aromatic nitrogens is 2. The molecule has 1 aromatic rings. The van der Waals surface area contributed by atoms with Crippen LogP contribution in [0.5, 0.6) is 0 Å². The Hall–Kier alpha value is -1.36. The molecular weight excluding hydrogens is 218 g/mol.